The van der Waals surface area contributed by atoms with Crippen LogP contribution in [0.25, 0.3) is 0 Å². The molecule has 1 aliphatic carbocycles. The molecule has 1 aliphatic rings. The first kappa shape index (κ1) is 17.4. The lowest BCUT2D eigenvalue weighted by molar-refractivity contribution is -0.128. The molecule has 0 saturated heterocycles. The van der Waals surface area contributed by atoms with E-state index in [-0.39, 0.29) is 11.4 Å². The van der Waals surface area contributed by atoms with Crippen molar-refractivity contribution in [3.8, 4) is 0 Å². The largest absolute Gasteiger partial charge is 0.392 e. The minimum absolute atomic E-state index is 0.0110. The molecule has 5 heteroatoms. The van der Waals surface area contributed by atoms with Crippen LogP contribution < -0.4 is 11.1 Å². The normalized spacial score (nSPS) is 18.2. The topological polar surface area (TPSA) is 58.4 Å². The molecule has 0 unspecified atom stereocenters. The fourth-order valence-electron chi connectivity index (χ4n) is 3.26. The van der Waals surface area contributed by atoms with Crippen molar-refractivity contribution in [3.05, 3.63) is 0 Å². The zero-order valence-electron chi connectivity index (χ0n) is 13.3. The molecule has 0 radical (unpaired) electrons. The number of carbonyl (C=O) groups is 1. The summed E-state index contributed by atoms with van der Waals surface area (Å²) in [4.78, 5) is 15.2. The minimum Gasteiger partial charge on any atom is -0.392 e. The van der Waals surface area contributed by atoms with Gasteiger partial charge in [-0.15, -0.1) is 0 Å². The smallest absolute Gasteiger partial charge is 0.233 e. The van der Waals surface area contributed by atoms with Gasteiger partial charge in [-0.1, -0.05) is 38.9 Å². The molecular formula is C15H29N3OS. The molecule has 0 heterocycles. The van der Waals surface area contributed by atoms with Gasteiger partial charge in [-0.3, -0.25) is 4.79 Å². The quantitative estimate of drug-likeness (QED) is 0.707. The molecular weight excluding hydrogens is 270 g/mol. The van der Waals surface area contributed by atoms with E-state index in [1.54, 1.807) is 0 Å². The van der Waals surface area contributed by atoms with Crippen molar-refractivity contribution in [2.24, 2.45) is 11.1 Å². The predicted octanol–water partition coefficient (Wildman–Crippen LogP) is 2.07. The average Bonchev–Trinajstić information content (AvgIpc) is 2.88. The Morgan fingerprint density at radius 1 is 1.30 bits per heavy atom. The lowest BCUT2D eigenvalue weighted by atomic mass is 9.81. The van der Waals surface area contributed by atoms with E-state index in [2.05, 4.69) is 24.3 Å². The third-order valence-corrected chi connectivity index (χ3v) is 5.57. The minimum atomic E-state index is -0.693. The highest BCUT2D eigenvalue weighted by atomic mass is 32.1. The van der Waals surface area contributed by atoms with E-state index in [1.807, 2.05) is 13.8 Å². The van der Waals surface area contributed by atoms with Crippen molar-refractivity contribution in [3.63, 3.8) is 0 Å². The van der Waals surface area contributed by atoms with Crippen LogP contribution in [0.5, 0.6) is 0 Å². The van der Waals surface area contributed by atoms with E-state index >= 15 is 0 Å². The van der Waals surface area contributed by atoms with Crippen molar-refractivity contribution in [2.75, 3.05) is 20.6 Å². The van der Waals surface area contributed by atoms with Crippen LogP contribution in [0.3, 0.4) is 0 Å². The van der Waals surface area contributed by atoms with Gasteiger partial charge < -0.3 is 16.0 Å². The van der Waals surface area contributed by atoms with Gasteiger partial charge in [0.25, 0.3) is 0 Å². The Morgan fingerprint density at radius 3 is 2.15 bits per heavy atom. The number of thiocarbonyl (C=S) groups is 1. The van der Waals surface area contributed by atoms with Crippen molar-refractivity contribution in [1.82, 2.24) is 10.2 Å². The molecule has 1 fully saturated rings. The zero-order chi connectivity index (χ0) is 15.4. The lowest BCUT2D eigenvalue weighted by Gasteiger charge is -2.38. The highest BCUT2D eigenvalue weighted by Gasteiger charge is 2.41. The van der Waals surface area contributed by atoms with Crippen molar-refractivity contribution < 1.29 is 4.79 Å². The summed E-state index contributed by atoms with van der Waals surface area (Å²) in [5.41, 5.74) is 5.23. The van der Waals surface area contributed by atoms with Gasteiger partial charge in [0.05, 0.1) is 10.4 Å². The lowest BCUT2D eigenvalue weighted by Crippen LogP contribution is -2.55. The number of nitrogens with zero attached hydrogens (tertiary/aromatic N) is 1. The molecule has 116 valence electrons. The summed E-state index contributed by atoms with van der Waals surface area (Å²) in [5, 5.41) is 3.12. The van der Waals surface area contributed by atoms with Gasteiger partial charge in [0.1, 0.15) is 0 Å². The van der Waals surface area contributed by atoms with Gasteiger partial charge in [0.2, 0.25) is 5.91 Å². The third-order valence-electron chi connectivity index (χ3n) is 5.17. The molecule has 0 bridgehead atoms. The Labute approximate surface area is 128 Å². The zero-order valence-corrected chi connectivity index (χ0v) is 14.1. The predicted molar refractivity (Wildman–Crippen MR) is 87.7 cm³/mol. The summed E-state index contributed by atoms with van der Waals surface area (Å²) in [7, 11) is 4.19. The van der Waals surface area contributed by atoms with Crippen molar-refractivity contribution in [2.45, 2.75) is 57.9 Å². The van der Waals surface area contributed by atoms with E-state index in [0.29, 0.717) is 24.4 Å². The van der Waals surface area contributed by atoms with Crippen LogP contribution in [0.1, 0.15) is 52.4 Å². The Morgan fingerprint density at radius 2 is 1.80 bits per heavy atom. The average molecular weight is 299 g/mol. The number of hydrogen-bond donors (Lipinski definition) is 2. The van der Waals surface area contributed by atoms with Crippen LogP contribution in [0.2, 0.25) is 0 Å². The Balaban J connectivity index is 2.77. The first-order valence-electron chi connectivity index (χ1n) is 7.60. The molecule has 0 aromatic heterocycles. The van der Waals surface area contributed by atoms with Gasteiger partial charge in [-0.25, -0.2) is 0 Å². The number of nitrogens with two attached hydrogens (primary N) is 1. The second-order valence-corrected chi connectivity index (χ2v) is 6.60. The molecule has 0 atom stereocenters. The SMILES string of the molecule is CCC(CC)(C(=O)NCC1(N(C)C)CCCC1)C(N)=S. The van der Waals surface area contributed by atoms with Gasteiger partial charge in [0, 0.05) is 12.1 Å². The maximum Gasteiger partial charge on any atom is 0.233 e. The number of carbonyl (C=O) groups excluding carboxylic acids is 1. The standard InChI is InChI=1S/C15H29N3OS/c1-5-15(6-2,12(16)20)13(19)17-11-14(18(3)4)9-7-8-10-14/h5-11H2,1-4H3,(H2,16,20)(H,17,19). The fraction of sp³-hybridized carbons (Fsp3) is 0.867. The van der Waals surface area contributed by atoms with Crippen molar-refractivity contribution in [1.29, 1.82) is 0 Å². The number of nitrogens with one attached hydrogen (secondary N) is 1. The molecule has 0 aromatic rings. The number of likely N-dealkylation sites (N-methyl/N-ethyl adjacent to an activating group) is 1. The van der Waals surface area contributed by atoms with Crippen LogP contribution in [0.4, 0.5) is 0 Å². The Hall–Kier alpha value is -0.680. The highest BCUT2D eigenvalue weighted by Crippen LogP contribution is 2.34. The van der Waals surface area contributed by atoms with E-state index in [0.717, 1.165) is 12.8 Å². The van der Waals surface area contributed by atoms with Crippen LogP contribution in [-0.4, -0.2) is 42.0 Å². The number of hydrogen-bond acceptors (Lipinski definition) is 3. The van der Waals surface area contributed by atoms with Gasteiger partial charge in [-0.2, -0.15) is 0 Å². The molecule has 1 saturated carbocycles. The van der Waals surface area contributed by atoms with Gasteiger partial charge in [-0.05, 0) is 39.8 Å². The molecule has 4 nitrogen and oxygen atoms in total. The monoisotopic (exact) mass is 299 g/mol. The van der Waals surface area contributed by atoms with Gasteiger partial charge in [0.15, 0.2) is 0 Å². The molecule has 0 spiro atoms. The highest BCUT2D eigenvalue weighted by molar-refractivity contribution is 7.80. The second-order valence-electron chi connectivity index (χ2n) is 6.16. The van der Waals surface area contributed by atoms with Gasteiger partial charge >= 0.3 is 0 Å². The van der Waals surface area contributed by atoms with Crippen LogP contribution in [0.15, 0.2) is 0 Å². The summed E-state index contributed by atoms with van der Waals surface area (Å²) in [6.45, 7) is 4.63. The van der Waals surface area contributed by atoms with E-state index in [1.165, 1.54) is 12.8 Å². The van der Waals surface area contributed by atoms with E-state index in [9.17, 15) is 4.79 Å². The Kier molecular flexibility index (Phi) is 5.95. The molecule has 1 amide bonds. The summed E-state index contributed by atoms with van der Waals surface area (Å²) < 4.78 is 0. The van der Waals surface area contributed by atoms with E-state index < -0.39 is 5.41 Å². The molecule has 20 heavy (non-hydrogen) atoms. The van der Waals surface area contributed by atoms with Crippen molar-refractivity contribution >= 4 is 23.1 Å². The van der Waals surface area contributed by atoms with E-state index in [4.69, 9.17) is 18.0 Å². The molecule has 1 rings (SSSR count). The van der Waals surface area contributed by atoms with Crippen LogP contribution in [0, 0.1) is 5.41 Å². The maximum absolute atomic E-state index is 12.6. The number of amides is 1. The van der Waals surface area contributed by atoms with Crippen LogP contribution in [-0.2, 0) is 4.79 Å². The molecule has 0 aliphatic heterocycles. The van der Waals surface area contributed by atoms with Crippen LogP contribution >= 0.6 is 12.2 Å². The number of rotatable bonds is 7. The molecule has 0 aromatic carbocycles. The first-order chi connectivity index (χ1) is 9.34. The second kappa shape index (κ2) is 6.85. The first-order valence-corrected chi connectivity index (χ1v) is 8.01. The Bertz CT molecular complexity index is 358. The summed E-state index contributed by atoms with van der Waals surface area (Å²) in [6, 6.07) is 0. The summed E-state index contributed by atoms with van der Waals surface area (Å²) in [5.74, 6) is -0.0110. The summed E-state index contributed by atoms with van der Waals surface area (Å²) in [6.07, 6.45) is 6.04. The fourth-order valence-corrected chi connectivity index (χ4v) is 3.64. The maximum atomic E-state index is 12.6. The summed E-state index contributed by atoms with van der Waals surface area (Å²) >= 11 is 5.14. The third kappa shape index (κ3) is 3.14. The molecule has 3 N–H and O–H groups in total.